The zero-order valence-electron chi connectivity index (χ0n) is 42.6. The molecule has 0 bridgehead atoms. The number of nitrogens with two attached hydrogens (primary N) is 2. The number of carbonyl (C=O) groups is 8. The van der Waals surface area contributed by atoms with Gasteiger partial charge in [0.1, 0.15) is 41.9 Å². The fraction of sp³-hybridized carbons (Fsp3) is 0.216. The Morgan fingerprint density at radius 3 is 2.20 bits per heavy atom. The van der Waals surface area contributed by atoms with Gasteiger partial charge in [0, 0.05) is 71.3 Å². The predicted molar refractivity (Wildman–Crippen MR) is 288 cm³/mol. The number of thioether (sulfide) groups is 1. The quantitative estimate of drug-likeness (QED) is 0.0225. The minimum absolute atomic E-state index is 0.0201. The molecule has 2 aliphatic heterocycles. The van der Waals surface area contributed by atoms with E-state index in [1.54, 1.807) is 0 Å². The molecule has 2 aliphatic rings. The van der Waals surface area contributed by atoms with E-state index in [-0.39, 0.29) is 75.4 Å². The Hall–Kier alpha value is -9.63. The number of Topliss-reactive ketones (excluding diaryl/α,β-unsaturated/α-hetero) is 1. The smallest absolute Gasteiger partial charge is 0.336 e. The lowest BCUT2D eigenvalue weighted by Gasteiger charge is -2.27. The summed E-state index contributed by atoms with van der Waals surface area (Å²) in [6.45, 7) is 2.88. The number of amides is 4. The summed E-state index contributed by atoms with van der Waals surface area (Å²) >= 11 is 0.790. The van der Waals surface area contributed by atoms with Crippen LogP contribution in [0.15, 0.2) is 87.5 Å². The largest absolute Gasteiger partial charge is 0.744 e. The third-order valence-corrected chi connectivity index (χ3v) is 16.2. The van der Waals surface area contributed by atoms with Crippen LogP contribution in [0, 0.1) is 5.92 Å². The van der Waals surface area contributed by atoms with Crippen LogP contribution in [0.3, 0.4) is 0 Å². The molecular weight excluding hydrogens is 1150 g/mol. The van der Waals surface area contributed by atoms with Gasteiger partial charge in [-0.2, -0.15) is 4.98 Å². The second kappa shape index (κ2) is 23.8. The molecule has 8 rings (SSSR count). The number of nitrogens with zero attached hydrogens (tertiary/aromatic N) is 4. The number of anilines is 3. The number of H-pyrrole nitrogens is 1. The summed E-state index contributed by atoms with van der Waals surface area (Å²) in [5, 5.41) is 36.3. The summed E-state index contributed by atoms with van der Waals surface area (Å²) in [5.74, 6) is -11.8. The first-order valence-electron chi connectivity index (χ1n) is 24.2. The van der Waals surface area contributed by atoms with Crippen molar-refractivity contribution in [1.82, 2.24) is 35.5 Å². The Balaban J connectivity index is 0.848. The first kappa shape index (κ1) is 59.5. The maximum absolute atomic E-state index is 13.5. The van der Waals surface area contributed by atoms with E-state index in [9.17, 15) is 84.4 Å². The zero-order chi connectivity index (χ0) is 60.4. The van der Waals surface area contributed by atoms with Gasteiger partial charge >= 0.3 is 17.9 Å². The number of carboxylic acids is 3. The molecule has 4 heterocycles. The lowest BCUT2D eigenvalue weighted by Crippen LogP contribution is -2.41. The molecule has 4 aromatic carbocycles. The van der Waals surface area contributed by atoms with Gasteiger partial charge in [0.05, 0.1) is 40.9 Å². The number of likely N-dealkylation sites (tertiary alicyclic amines) is 1. The van der Waals surface area contributed by atoms with Crippen LogP contribution in [0.1, 0.15) is 73.6 Å². The molecule has 6 aromatic rings. The second-order valence-corrected chi connectivity index (χ2v) is 22.4. The van der Waals surface area contributed by atoms with E-state index in [2.05, 4.69) is 42.5 Å². The molecule has 0 radical (unpaired) electrons. The van der Waals surface area contributed by atoms with Crippen LogP contribution >= 0.6 is 11.8 Å². The molecule has 1 saturated heterocycles. The van der Waals surface area contributed by atoms with Crippen molar-refractivity contribution in [2.24, 2.45) is 5.92 Å². The normalized spacial score (nSPS) is 14.7. The number of hydrogen-bond acceptors (Lipinski definition) is 23. The summed E-state index contributed by atoms with van der Waals surface area (Å²) in [4.78, 5) is 128. The number of nitrogen functional groups attached to an aromatic ring is 2. The number of carbonyl (C=O) groups excluding carboxylic acids is 5. The van der Waals surface area contributed by atoms with Crippen LogP contribution in [-0.4, -0.2) is 144 Å². The summed E-state index contributed by atoms with van der Waals surface area (Å²) in [6, 6.07) is 11.9. The number of imide groups is 1. The highest BCUT2D eigenvalue weighted by atomic mass is 32.2. The van der Waals surface area contributed by atoms with E-state index >= 15 is 0 Å². The van der Waals surface area contributed by atoms with Gasteiger partial charge in [0.2, 0.25) is 17.8 Å². The minimum Gasteiger partial charge on any atom is -0.744 e. The maximum Gasteiger partial charge on any atom is 0.336 e. The number of rotatable bonds is 23. The fourth-order valence-corrected chi connectivity index (χ4v) is 11.7. The molecular formula is C51H44N10O19S3-2. The molecule has 1 fully saturated rings. The van der Waals surface area contributed by atoms with Gasteiger partial charge in [-0.15, -0.1) is 11.8 Å². The van der Waals surface area contributed by atoms with E-state index in [0.717, 1.165) is 53.1 Å². The standard InChI is InChI=1S/C51H46N10O19S3/c1-22-2-9-30-37(31-11-12-33(52)42(83(77,78)79)40(31)80-39(30)41(22)82(74,75)76)29-10-5-24(17-32(29)49(70)71)44(64)54-14-15-61-36(63)18-35(47(61)67)81-21-25(48(68)69)16-28(62)8-13-34(50(72)73)58-45(65)23-3-6-26(7-4-23)55-19-27-20-56-43-38(57-27)46(66)60-51(53)59-43/h2-7,9-12,17,20,25,34-35,55H,1,8,13-16,18-19,21,52H2,(H,54,64)(H,58,65)(H,68,69)(H,70,71)(H,72,73)(H,74,75,76)(H,77,78,79)(H3,53,56,59,60,66)/p-2/t25-,34-,35?/m0/s1. The van der Waals surface area contributed by atoms with Crippen LogP contribution in [0.25, 0.3) is 23.3 Å². The summed E-state index contributed by atoms with van der Waals surface area (Å²) in [6.07, 6.45) is -0.418. The summed E-state index contributed by atoms with van der Waals surface area (Å²) in [5.41, 5.74) is 9.46. The molecule has 1 unspecified atom stereocenters. The number of ether oxygens (including phenoxy) is 1. The van der Waals surface area contributed by atoms with Crippen molar-refractivity contribution < 1.29 is 84.4 Å². The van der Waals surface area contributed by atoms with Crippen molar-refractivity contribution in [3.63, 3.8) is 0 Å². The van der Waals surface area contributed by atoms with Crippen LogP contribution in [-0.2, 0) is 50.8 Å². The predicted octanol–water partition coefficient (Wildman–Crippen LogP) is -0.327. The Morgan fingerprint density at radius 1 is 0.855 bits per heavy atom. The van der Waals surface area contributed by atoms with Crippen molar-refractivity contribution in [2.45, 2.75) is 53.3 Å². The van der Waals surface area contributed by atoms with Gasteiger partial charge in [-0.1, -0.05) is 18.7 Å². The molecule has 0 spiro atoms. The number of nitrogens with one attached hydrogen (secondary N) is 4. The summed E-state index contributed by atoms with van der Waals surface area (Å²) in [7, 11) is -10.9. The molecule has 0 saturated carbocycles. The van der Waals surface area contributed by atoms with Crippen LogP contribution in [0.2, 0.25) is 0 Å². The van der Waals surface area contributed by atoms with Gasteiger partial charge in [0.15, 0.2) is 22.7 Å². The fourth-order valence-electron chi connectivity index (χ4n) is 8.95. The van der Waals surface area contributed by atoms with Crippen LogP contribution in [0.5, 0.6) is 11.5 Å². The third-order valence-electron chi connectivity index (χ3n) is 12.9. The average Bonchev–Trinajstić information content (AvgIpc) is 3.14. The monoisotopic (exact) mass is 1200 g/mol. The molecule has 2 aromatic heterocycles. The zero-order valence-corrected chi connectivity index (χ0v) is 45.0. The average molecular weight is 1200 g/mol. The Morgan fingerprint density at radius 2 is 1.54 bits per heavy atom. The molecule has 32 heteroatoms. The Kier molecular flexibility index (Phi) is 17.1. The van der Waals surface area contributed by atoms with E-state index < -0.39 is 154 Å². The van der Waals surface area contributed by atoms with Crippen molar-refractivity contribution in [3.05, 3.63) is 127 Å². The van der Waals surface area contributed by atoms with E-state index in [1.807, 2.05) is 0 Å². The number of aromatic nitrogens is 4. The number of hydrogen-bond donors (Lipinski definition) is 9. The van der Waals surface area contributed by atoms with Crippen molar-refractivity contribution >= 4 is 120 Å². The molecule has 11 N–H and O–H groups in total. The number of fused-ring (bicyclic) bond motifs is 3. The maximum atomic E-state index is 13.5. The first-order chi connectivity index (χ1) is 39.1. The third kappa shape index (κ3) is 13.1. The number of aromatic carboxylic acids is 1. The van der Waals surface area contributed by atoms with Crippen LogP contribution in [0.4, 0.5) is 17.3 Å². The number of benzene rings is 4. The van der Waals surface area contributed by atoms with Crippen LogP contribution < -0.4 is 48.2 Å². The van der Waals surface area contributed by atoms with Gasteiger partial charge in [-0.25, -0.2) is 36.4 Å². The second-order valence-electron chi connectivity index (χ2n) is 18.5. The minimum atomic E-state index is -5.49. The Labute approximate surface area is 471 Å². The number of carboxylic acid groups (broad SMARTS) is 3. The highest BCUT2D eigenvalue weighted by Gasteiger charge is 2.40. The SMILES string of the molecule is C=c1ccc2c(c1S(=O)(=O)[O-])Oc1c(ccc(N)c1S(=O)(=O)[O-])C=2c1ccc(C(=O)NCCN2C(=O)CC(SC[C@H](CC(=O)CC[C@H](NC(=O)c3ccc(NCc4cnc5nc(N)[nH]c(=O)c5n4)cc3)C(=O)O)C(=O)O)C2=O)cc1C(=O)O. The highest BCUT2D eigenvalue weighted by molar-refractivity contribution is 8.00. The van der Waals surface area contributed by atoms with E-state index in [0.29, 0.717) is 11.4 Å². The molecule has 3 atom stereocenters. The van der Waals surface area contributed by atoms with Gasteiger partial charge in [-0.3, -0.25) is 43.4 Å². The molecule has 83 heavy (non-hydrogen) atoms. The number of ketones is 1. The molecule has 4 amide bonds. The van der Waals surface area contributed by atoms with Gasteiger partial charge in [0.25, 0.3) is 17.4 Å². The number of aliphatic carboxylic acids is 2. The lowest BCUT2D eigenvalue weighted by atomic mass is 9.88. The van der Waals surface area contributed by atoms with Crippen molar-refractivity contribution in [1.29, 1.82) is 0 Å². The van der Waals surface area contributed by atoms with Crippen molar-refractivity contribution in [2.75, 3.05) is 35.6 Å². The van der Waals surface area contributed by atoms with E-state index in [1.165, 1.54) is 36.5 Å². The van der Waals surface area contributed by atoms with Gasteiger partial charge < -0.3 is 56.6 Å². The summed E-state index contributed by atoms with van der Waals surface area (Å²) < 4.78 is 80.5. The van der Waals surface area contributed by atoms with Gasteiger partial charge in [-0.05, 0) is 71.8 Å². The molecule has 432 valence electrons. The lowest BCUT2D eigenvalue weighted by molar-refractivity contribution is -0.143. The van der Waals surface area contributed by atoms with E-state index in [4.69, 9.17) is 16.2 Å². The first-order valence-corrected chi connectivity index (χ1v) is 28.1. The van der Waals surface area contributed by atoms with Crippen molar-refractivity contribution in [3.8, 4) is 11.5 Å². The number of aromatic amines is 1. The topological polar surface area (TPSA) is 484 Å². The molecule has 0 aliphatic carbocycles. The highest BCUT2D eigenvalue weighted by Crippen LogP contribution is 2.44. The Bertz CT molecular complexity index is 4180. The molecule has 29 nitrogen and oxygen atoms in total.